The molecule has 2 N–H and O–H groups in total. The van der Waals surface area contributed by atoms with Gasteiger partial charge in [0.15, 0.2) is 5.11 Å². The van der Waals surface area contributed by atoms with Crippen LogP contribution < -0.4 is 10.6 Å². The number of thiocarbonyl (C=S) groups is 1. The number of hydrogen-bond donors (Lipinski definition) is 2. The van der Waals surface area contributed by atoms with Crippen LogP contribution in [0.3, 0.4) is 0 Å². The van der Waals surface area contributed by atoms with Crippen molar-refractivity contribution in [2.75, 3.05) is 18.4 Å². The summed E-state index contributed by atoms with van der Waals surface area (Å²) in [7, 11) is 0. The molecule has 0 spiro atoms. The predicted molar refractivity (Wildman–Crippen MR) is 109 cm³/mol. The highest BCUT2D eigenvalue weighted by molar-refractivity contribution is 9.10. The number of carbonyl (C=O) groups excluding carboxylic acids is 2. The second-order valence-corrected chi connectivity index (χ2v) is 7.32. The number of halogens is 1. The minimum absolute atomic E-state index is 0.0552. The van der Waals surface area contributed by atoms with Gasteiger partial charge in [-0.25, -0.2) is 0 Å². The lowest BCUT2D eigenvalue weighted by molar-refractivity contribution is 0.0792. The first-order valence-electron chi connectivity index (χ1n) is 8.30. The van der Waals surface area contributed by atoms with E-state index in [9.17, 15) is 9.59 Å². The molecule has 0 bridgehead atoms. The Hall–Kier alpha value is -2.25. The Morgan fingerprint density at radius 3 is 2.35 bits per heavy atom. The van der Waals surface area contributed by atoms with Crippen LogP contribution in [0.4, 0.5) is 5.69 Å². The molecule has 2 amide bonds. The Morgan fingerprint density at radius 1 is 1.00 bits per heavy atom. The van der Waals surface area contributed by atoms with E-state index >= 15 is 0 Å². The van der Waals surface area contributed by atoms with Crippen molar-refractivity contribution in [3.05, 3.63) is 64.1 Å². The predicted octanol–water partition coefficient (Wildman–Crippen LogP) is 3.81. The van der Waals surface area contributed by atoms with Crippen LogP contribution in [0.1, 0.15) is 33.6 Å². The largest absolute Gasteiger partial charge is 0.339 e. The molecule has 26 heavy (non-hydrogen) atoms. The van der Waals surface area contributed by atoms with Crippen LogP contribution in [0.15, 0.2) is 53.0 Å². The topological polar surface area (TPSA) is 61.4 Å². The molecule has 0 unspecified atom stereocenters. The maximum absolute atomic E-state index is 12.3. The average Bonchev–Trinajstić information content (AvgIpc) is 3.16. The van der Waals surface area contributed by atoms with Gasteiger partial charge < -0.3 is 10.2 Å². The molecule has 1 aliphatic heterocycles. The van der Waals surface area contributed by atoms with Crippen LogP contribution in [0, 0.1) is 0 Å². The molecule has 134 valence electrons. The van der Waals surface area contributed by atoms with Gasteiger partial charge in [-0.3, -0.25) is 14.9 Å². The molecule has 5 nitrogen and oxygen atoms in total. The lowest BCUT2D eigenvalue weighted by Crippen LogP contribution is -2.34. The number of anilines is 1. The second kappa shape index (κ2) is 8.42. The second-order valence-electron chi connectivity index (χ2n) is 6.00. The van der Waals surface area contributed by atoms with E-state index in [-0.39, 0.29) is 16.9 Å². The van der Waals surface area contributed by atoms with E-state index in [1.165, 1.54) is 0 Å². The van der Waals surface area contributed by atoms with Gasteiger partial charge in [0.2, 0.25) is 0 Å². The third-order valence-electron chi connectivity index (χ3n) is 4.10. The highest BCUT2D eigenvalue weighted by Gasteiger charge is 2.19. The van der Waals surface area contributed by atoms with Gasteiger partial charge in [-0.05, 0) is 67.5 Å². The number of benzene rings is 2. The first kappa shape index (κ1) is 18.5. The quantitative estimate of drug-likeness (QED) is 0.725. The van der Waals surface area contributed by atoms with Crippen molar-refractivity contribution >= 4 is 50.8 Å². The molecule has 2 aromatic carbocycles. The maximum atomic E-state index is 12.3. The van der Waals surface area contributed by atoms with Gasteiger partial charge in [0.05, 0.1) is 0 Å². The van der Waals surface area contributed by atoms with Crippen LogP contribution >= 0.6 is 28.1 Å². The molecule has 1 aliphatic rings. The van der Waals surface area contributed by atoms with Crippen molar-refractivity contribution < 1.29 is 9.59 Å². The van der Waals surface area contributed by atoms with Crippen LogP contribution in [0.25, 0.3) is 0 Å². The molecular formula is C19H18BrN3O2S. The first-order chi connectivity index (χ1) is 12.5. The van der Waals surface area contributed by atoms with E-state index in [1.54, 1.807) is 42.5 Å². The number of hydrogen-bond acceptors (Lipinski definition) is 3. The monoisotopic (exact) mass is 431 g/mol. The third kappa shape index (κ3) is 4.68. The zero-order valence-corrected chi connectivity index (χ0v) is 16.4. The molecule has 0 atom stereocenters. The zero-order valence-electron chi connectivity index (χ0n) is 14.0. The summed E-state index contributed by atoms with van der Waals surface area (Å²) in [6.07, 6.45) is 2.13. The summed E-state index contributed by atoms with van der Waals surface area (Å²) in [5.41, 5.74) is 1.87. The third-order valence-corrected chi connectivity index (χ3v) is 4.79. The molecule has 0 radical (unpaired) electrons. The SMILES string of the molecule is O=C(NC(=S)Nc1ccc(C(=O)N2CCCC2)cc1)c1cccc(Br)c1. The minimum atomic E-state index is -0.287. The Labute approximate surface area is 165 Å². The lowest BCUT2D eigenvalue weighted by atomic mass is 10.2. The fourth-order valence-corrected chi connectivity index (χ4v) is 3.38. The summed E-state index contributed by atoms with van der Waals surface area (Å²) in [6, 6.07) is 14.1. The molecule has 2 aromatic rings. The Bertz CT molecular complexity index is 833. The van der Waals surface area contributed by atoms with Crippen LogP contribution in [-0.2, 0) is 0 Å². The highest BCUT2D eigenvalue weighted by atomic mass is 79.9. The van der Waals surface area contributed by atoms with Gasteiger partial charge >= 0.3 is 0 Å². The Morgan fingerprint density at radius 2 is 1.69 bits per heavy atom. The minimum Gasteiger partial charge on any atom is -0.339 e. The van der Waals surface area contributed by atoms with Gasteiger partial charge in [-0.2, -0.15) is 0 Å². The van der Waals surface area contributed by atoms with E-state index in [1.807, 2.05) is 11.0 Å². The number of amides is 2. The summed E-state index contributed by atoms with van der Waals surface area (Å²) in [4.78, 5) is 26.4. The van der Waals surface area contributed by atoms with Crippen LogP contribution in [-0.4, -0.2) is 34.9 Å². The van der Waals surface area contributed by atoms with Gasteiger partial charge in [0.25, 0.3) is 11.8 Å². The molecule has 0 aliphatic carbocycles. The molecule has 1 heterocycles. The normalized spacial score (nSPS) is 13.3. The van der Waals surface area contributed by atoms with Crippen LogP contribution in [0.2, 0.25) is 0 Å². The fourth-order valence-electron chi connectivity index (χ4n) is 2.77. The number of nitrogens with zero attached hydrogens (tertiary/aromatic N) is 1. The van der Waals surface area contributed by atoms with E-state index in [2.05, 4.69) is 26.6 Å². The van der Waals surface area contributed by atoms with Crippen molar-refractivity contribution in [2.24, 2.45) is 0 Å². The van der Waals surface area contributed by atoms with E-state index in [4.69, 9.17) is 12.2 Å². The fraction of sp³-hybridized carbons (Fsp3) is 0.211. The van der Waals surface area contributed by atoms with Crippen molar-refractivity contribution in [1.29, 1.82) is 0 Å². The van der Waals surface area contributed by atoms with Gasteiger partial charge in [-0.1, -0.05) is 22.0 Å². The number of likely N-dealkylation sites (tertiary alicyclic amines) is 1. The molecular weight excluding hydrogens is 414 g/mol. The van der Waals surface area contributed by atoms with Gasteiger partial charge in [-0.15, -0.1) is 0 Å². The number of rotatable bonds is 3. The number of carbonyl (C=O) groups is 2. The molecule has 3 rings (SSSR count). The van der Waals surface area contributed by atoms with Crippen molar-refractivity contribution in [3.8, 4) is 0 Å². The zero-order chi connectivity index (χ0) is 18.5. The highest BCUT2D eigenvalue weighted by Crippen LogP contribution is 2.16. The standard InChI is InChI=1S/C19H18BrN3O2S/c20-15-5-3-4-14(12-15)17(24)22-19(26)21-16-8-6-13(7-9-16)18(25)23-10-1-2-11-23/h3-9,12H,1-2,10-11H2,(H2,21,22,24,26). The molecule has 0 aromatic heterocycles. The average molecular weight is 432 g/mol. The maximum Gasteiger partial charge on any atom is 0.257 e. The summed E-state index contributed by atoms with van der Waals surface area (Å²) >= 11 is 8.52. The summed E-state index contributed by atoms with van der Waals surface area (Å²) in [5.74, 6) is -0.232. The van der Waals surface area contributed by atoms with Crippen molar-refractivity contribution in [1.82, 2.24) is 10.2 Å². The summed E-state index contributed by atoms with van der Waals surface area (Å²) < 4.78 is 0.822. The van der Waals surface area contributed by atoms with Crippen LogP contribution in [0.5, 0.6) is 0 Å². The van der Waals surface area contributed by atoms with E-state index < -0.39 is 0 Å². The molecule has 1 saturated heterocycles. The Balaban J connectivity index is 1.57. The van der Waals surface area contributed by atoms with Crippen molar-refractivity contribution in [3.63, 3.8) is 0 Å². The van der Waals surface area contributed by atoms with E-state index in [0.29, 0.717) is 16.8 Å². The Kier molecular flexibility index (Phi) is 6.00. The first-order valence-corrected chi connectivity index (χ1v) is 9.50. The van der Waals surface area contributed by atoms with Crippen molar-refractivity contribution in [2.45, 2.75) is 12.8 Å². The lowest BCUT2D eigenvalue weighted by Gasteiger charge is -2.15. The van der Waals surface area contributed by atoms with Gasteiger partial charge in [0.1, 0.15) is 0 Å². The number of nitrogens with one attached hydrogen (secondary N) is 2. The molecule has 7 heteroatoms. The smallest absolute Gasteiger partial charge is 0.257 e. The summed E-state index contributed by atoms with van der Waals surface area (Å²) in [6.45, 7) is 1.65. The molecule has 1 fully saturated rings. The molecule has 0 saturated carbocycles. The van der Waals surface area contributed by atoms with Gasteiger partial charge in [0, 0.05) is 34.4 Å². The van der Waals surface area contributed by atoms with E-state index in [0.717, 1.165) is 30.4 Å². The summed E-state index contributed by atoms with van der Waals surface area (Å²) in [5, 5.41) is 5.80.